The van der Waals surface area contributed by atoms with Gasteiger partial charge in [-0.1, -0.05) is 12.1 Å². The molecule has 0 amide bonds. The number of halogens is 3. The first-order chi connectivity index (χ1) is 7.68. The molecule has 8 heteroatoms. The standard InChI is InChI=1S/C9H11F3N2O2S/c1-14-5-6-3-2-4-7(9(10,11)12)8(6)17(13,15)16/h2-4,14H,5H2,1H3,(H2,13,15,16). The summed E-state index contributed by atoms with van der Waals surface area (Å²) in [6, 6.07) is 3.12. The third-order valence-electron chi connectivity index (χ3n) is 2.05. The average molecular weight is 268 g/mol. The molecule has 4 nitrogen and oxygen atoms in total. The molecule has 1 aromatic carbocycles. The molecule has 96 valence electrons. The Morgan fingerprint density at radius 2 is 1.94 bits per heavy atom. The van der Waals surface area contributed by atoms with Gasteiger partial charge in [-0.3, -0.25) is 0 Å². The van der Waals surface area contributed by atoms with Crippen LogP contribution in [0, 0.1) is 0 Å². The molecule has 0 unspecified atom stereocenters. The number of primary sulfonamides is 1. The summed E-state index contributed by atoms with van der Waals surface area (Å²) in [5.74, 6) is 0. The number of benzene rings is 1. The van der Waals surface area contributed by atoms with Crippen molar-refractivity contribution >= 4 is 10.0 Å². The number of rotatable bonds is 3. The molecule has 0 aliphatic rings. The molecular formula is C9H11F3N2O2S. The molecule has 0 atom stereocenters. The van der Waals surface area contributed by atoms with Crippen molar-refractivity contribution in [2.45, 2.75) is 17.6 Å². The van der Waals surface area contributed by atoms with Gasteiger partial charge in [0.05, 0.1) is 10.5 Å². The molecule has 0 heterocycles. The van der Waals surface area contributed by atoms with Gasteiger partial charge < -0.3 is 5.32 Å². The first kappa shape index (κ1) is 13.9. The van der Waals surface area contributed by atoms with Crippen LogP contribution in [-0.4, -0.2) is 15.5 Å². The third-order valence-corrected chi connectivity index (χ3v) is 3.10. The second kappa shape index (κ2) is 4.63. The van der Waals surface area contributed by atoms with E-state index in [2.05, 4.69) is 5.32 Å². The maximum absolute atomic E-state index is 12.7. The van der Waals surface area contributed by atoms with Gasteiger partial charge in [-0.25, -0.2) is 13.6 Å². The van der Waals surface area contributed by atoms with Crippen LogP contribution in [0.25, 0.3) is 0 Å². The van der Waals surface area contributed by atoms with E-state index in [9.17, 15) is 21.6 Å². The molecule has 0 aliphatic carbocycles. The Kier molecular flexibility index (Phi) is 3.80. The van der Waals surface area contributed by atoms with Crippen LogP contribution in [0.1, 0.15) is 11.1 Å². The summed E-state index contributed by atoms with van der Waals surface area (Å²) in [4.78, 5) is -0.873. The normalized spacial score (nSPS) is 12.8. The molecule has 0 aromatic heterocycles. The van der Waals surface area contributed by atoms with E-state index < -0.39 is 26.7 Å². The molecule has 0 radical (unpaired) electrons. The minimum absolute atomic E-state index is 0.00942. The fourth-order valence-electron chi connectivity index (χ4n) is 1.47. The Morgan fingerprint density at radius 1 is 1.35 bits per heavy atom. The van der Waals surface area contributed by atoms with E-state index in [1.165, 1.54) is 13.1 Å². The van der Waals surface area contributed by atoms with Crippen LogP contribution in [0.5, 0.6) is 0 Å². The van der Waals surface area contributed by atoms with E-state index in [1.807, 2.05) is 0 Å². The smallest absolute Gasteiger partial charge is 0.316 e. The van der Waals surface area contributed by atoms with Gasteiger partial charge in [0, 0.05) is 6.54 Å². The van der Waals surface area contributed by atoms with Gasteiger partial charge in [0.1, 0.15) is 0 Å². The van der Waals surface area contributed by atoms with Gasteiger partial charge >= 0.3 is 6.18 Å². The molecule has 0 bridgehead atoms. The minimum Gasteiger partial charge on any atom is -0.316 e. The summed E-state index contributed by atoms with van der Waals surface area (Å²) in [5, 5.41) is 7.42. The fraction of sp³-hybridized carbons (Fsp3) is 0.333. The lowest BCUT2D eigenvalue weighted by Gasteiger charge is -2.14. The van der Waals surface area contributed by atoms with Crippen molar-refractivity contribution in [1.29, 1.82) is 0 Å². The fourth-order valence-corrected chi connectivity index (χ4v) is 2.47. The molecule has 0 aliphatic heterocycles. The number of hydrogen-bond acceptors (Lipinski definition) is 3. The highest BCUT2D eigenvalue weighted by Crippen LogP contribution is 2.35. The molecule has 3 N–H and O–H groups in total. The Hall–Kier alpha value is -1.12. The van der Waals surface area contributed by atoms with E-state index in [0.717, 1.165) is 6.07 Å². The first-order valence-corrected chi connectivity index (χ1v) is 6.09. The highest BCUT2D eigenvalue weighted by molar-refractivity contribution is 7.89. The molecule has 1 aromatic rings. The number of alkyl halides is 3. The maximum atomic E-state index is 12.7. The number of nitrogens with two attached hydrogens (primary N) is 1. The molecule has 0 saturated heterocycles. The maximum Gasteiger partial charge on any atom is 0.417 e. The van der Waals surface area contributed by atoms with Crippen LogP contribution in [0.3, 0.4) is 0 Å². The summed E-state index contributed by atoms with van der Waals surface area (Å²) in [7, 11) is -2.94. The molecule has 0 saturated carbocycles. The third kappa shape index (κ3) is 3.18. The van der Waals surface area contributed by atoms with Crippen molar-refractivity contribution in [2.75, 3.05) is 7.05 Å². The topological polar surface area (TPSA) is 72.2 Å². The second-order valence-electron chi connectivity index (χ2n) is 3.37. The minimum atomic E-state index is -4.76. The van der Waals surface area contributed by atoms with Gasteiger partial charge in [-0.15, -0.1) is 0 Å². The van der Waals surface area contributed by atoms with Gasteiger partial charge in [-0.05, 0) is 18.7 Å². The highest BCUT2D eigenvalue weighted by Gasteiger charge is 2.37. The van der Waals surface area contributed by atoms with Gasteiger partial charge in [0.2, 0.25) is 10.0 Å². The molecule has 1 rings (SSSR count). The van der Waals surface area contributed by atoms with E-state index in [-0.39, 0.29) is 12.1 Å². The van der Waals surface area contributed by atoms with E-state index in [1.54, 1.807) is 0 Å². The predicted octanol–water partition coefficient (Wildman–Crippen LogP) is 1.07. The van der Waals surface area contributed by atoms with E-state index >= 15 is 0 Å². The molecule has 17 heavy (non-hydrogen) atoms. The Balaban J connectivity index is 3.58. The molecule has 0 fully saturated rings. The van der Waals surface area contributed by atoms with Crippen molar-refractivity contribution in [3.63, 3.8) is 0 Å². The second-order valence-corrected chi connectivity index (χ2v) is 4.87. The summed E-state index contributed by atoms with van der Waals surface area (Å²) in [5.41, 5.74) is -1.25. The van der Waals surface area contributed by atoms with Gasteiger partial charge in [0.15, 0.2) is 0 Å². The lowest BCUT2D eigenvalue weighted by atomic mass is 10.1. The first-order valence-electron chi connectivity index (χ1n) is 4.54. The summed E-state index contributed by atoms with van der Waals surface area (Å²) in [6.45, 7) is -0.0182. The SMILES string of the molecule is CNCc1cccc(C(F)(F)F)c1S(N)(=O)=O. The monoisotopic (exact) mass is 268 g/mol. The van der Waals surface area contributed by atoms with Crippen molar-refractivity contribution < 1.29 is 21.6 Å². The Morgan fingerprint density at radius 3 is 2.35 bits per heavy atom. The van der Waals surface area contributed by atoms with Crippen LogP contribution in [0.4, 0.5) is 13.2 Å². The lowest BCUT2D eigenvalue weighted by molar-refractivity contribution is -0.140. The summed E-state index contributed by atoms with van der Waals surface area (Å²) >= 11 is 0. The van der Waals surface area contributed by atoms with Crippen molar-refractivity contribution in [3.8, 4) is 0 Å². The van der Waals surface area contributed by atoms with Gasteiger partial charge in [0.25, 0.3) is 0 Å². The number of hydrogen-bond donors (Lipinski definition) is 2. The Labute approximate surface area is 96.7 Å². The largest absolute Gasteiger partial charge is 0.417 e. The van der Waals surface area contributed by atoms with Crippen LogP contribution in [0.2, 0.25) is 0 Å². The van der Waals surface area contributed by atoms with Crippen LogP contribution in [0.15, 0.2) is 23.1 Å². The number of sulfonamides is 1. The zero-order valence-corrected chi connectivity index (χ0v) is 9.69. The van der Waals surface area contributed by atoms with Gasteiger partial charge in [-0.2, -0.15) is 13.2 Å². The van der Waals surface area contributed by atoms with E-state index in [4.69, 9.17) is 5.14 Å². The van der Waals surface area contributed by atoms with Crippen molar-refractivity contribution in [2.24, 2.45) is 5.14 Å². The van der Waals surface area contributed by atoms with Crippen LogP contribution >= 0.6 is 0 Å². The average Bonchev–Trinajstić information content (AvgIpc) is 2.14. The zero-order chi connectivity index (χ0) is 13.3. The molecular weight excluding hydrogens is 257 g/mol. The van der Waals surface area contributed by atoms with Crippen LogP contribution < -0.4 is 10.5 Å². The summed E-state index contributed by atoms with van der Waals surface area (Å²) in [6.07, 6.45) is -4.76. The molecule has 0 spiro atoms. The summed E-state index contributed by atoms with van der Waals surface area (Å²) < 4.78 is 60.5. The van der Waals surface area contributed by atoms with Crippen molar-refractivity contribution in [1.82, 2.24) is 5.32 Å². The lowest BCUT2D eigenvalue weighted by Crippen LogP contribution is -2.22. The highest BCUT2D eigenvalue weighted by atomic mass is 32.2. The quantitative estimate of drug-likeness (QED) is 0.861. The van der Waals surface area contributed by atoms with Crippen molar-refractivity contribution in [3.05, 3.63) is 29.3 Å². The number of nitrogens with one attached hydrogen (secondary N) is 1. The zero-order valence-electron chi connectivity index (χ0n) is 8.88. The van der Waals surface area contributed by atoms with E-state index in [0.29, 0.717) is 6.07 Å². The van der Waals surface area contributed by atoms with Crippen LogP contribution in [-0.2, 0) is 22.7 Å². The Bertz CT molecular complexity index is 511. The predicted molar refractivity (Wildman–Crippen MR) is 55.6 cm³/mol.